The Morgan fingerprint density at radius 3 is 3.29 bits per heavy atom. The molecule has 0 saturated heterocycles. The lowest BCUT2D eigenvalue weighted by molar-refractivity contribution is 0.692. The van der Waals surface area contributed by atoms with Crippen molar-refractivity contribution in [3.05, 3.63) is 54.3 Å². The van der Waals surface area contributed by atoms with E-state index in [1.54, 1.807) is 0 Å². The van der Waals surface area contributed by atoms with Crippen LogP contribution in [-0.4, -0.2) is 15.8 Å². The number of nitrogens with zero attached hydrogens (tertiary/aromatic N) is 3. The van der Waals surface area contributed by atoms with Gasteiger partial charge in [0.05, 0.1) is 30.5 Å². The molecule has 68 valence electrons. The van der Waals surface area contributed by atoms with Gasteiger partial charge in [0.1, 0.15) is 0 Å². The molecule has 3 heteroatoms. The van der Waals surface area contributed by atoms with Crippen LogP contribution in [0.15, 0.2) is 53.6 Å². The Morgan fingerprint density at radius 1 is 1.29 bits per heavy atom. The number of imidazole rings is 1. The SMILES string of the molecule is C1=CC2=CN=Cc3cncn3C2C=C1. The van der Waals surface area contributed by atoms with Crippen molar-refractivity contribution in [2.24, 2.45) is 4.99 Å². The summed E-state index contributed by atoms with van der Waals surface area (Å²) in [5.74, 6) is 0. The molecular weight excluding hydrogens is 174 g/mol. The van der Waals surface area contributed by atoms with Gasteiger partial charge in [-0.2, -0.15) is 0 Å². The van der Waals surface area contributed by atoms with Gasteiger partial charge in [-0.1, -0.05) is 24.3 Å². The molecule has 0 fully saturated rings. The smallest absolute Gasteiger partial charge is 0.0959 e. The zero-order valence-electron chi connectivity index (χ0n) is 7.54. The fourth-order valence-electron chi connectivity index (χ4n) is 1.77. The van der Waals surface area contributed by atoms with Gasteiger partial charge in [0, 0.05) is 6.20 Å². The molecule has 1 unspecified atom stereocenters. The summed E-state index contributed by atoms with van der Waals surface area (Å²) in [5.41, 5.74) is 2.24. The molecule has 1 aliphatic heterocycles. The molecular formula is C11H9N3. The summed E-state index contributed by atoms with van der Waals surface area (Å²) in [6.07, 6.45) is 15.7. The average Bonchev–Trinajstić information content (AvgIpc) is 2.61. The maximum atomic E-state index is 4.24. The molecule has 0 amide bonds. The molecule has 0 saturated carbocycles. The first-order chi connectivity index (χ1) is 6.95. The number of allylic oxidation sites excluding steroid dienone is 5. The third-order valence-corrected chi connectivity index (χ3v) is 2.46. The summed E-state index contributed by atoms with van der Waals surface area (Å²) in [5, 5.41) is 0. The summed E-state index contributed by atoms with van der Waals surface area (Å²) < 4.78 is 2.11. The second-order valence-corrected chi connectivity index (χ2v) is 3.32. The number of aliphatic imine (C=N–C) groups is 1. The molecule has 0 N–H and O–H groups in total. The minimum absolute atomic E-state index is 0.250. The Labute approximate surface area is 81.8 Å². The summed E-state index contributed by atoms with van der Waals surface area (Å²) in [6, 6.07) is 0.250. The molecule has 14 heavy (non-hydrogen) atoms. The van der Waals surface area contributed by atoms with Crippen molar-refractivity contribution >= 4 is 6.21 Å². The Bertz CT molecular complexity index is 474. The predicted molar refractivity (Wildman–Crippen MR) is 55.2 cm³/mol. The normalized spacial score (nSPS) is 22.6. The van der Waals surface area contributed by atoms with Crippen molar-refractivity contribution in [2.75, 3.05) is 0 Å². The van der Waals surface area contributed by atoms with E-state index in [0.29, 0.717) is 0 Å². The summed E-state index contributed by atoms with van der Waals surface area (Å²) in [6.45, 7) is 0. The quantitative estimate of drug-likeness (QED) is 0.603. The van der Waals surface area contributed by atoms with Crippen LogP contribution in [0.3, 0.4) is 0 Å². The van der Waals surface area contributed by atoms with E-state index >= 15 is 0 Å². The van der Waals surface area contributed by atoms with Gasteiger partial charge >= 0.3 is 0 Å². The first-order valence-electron chi connectivity index (χ1n) is 4.55. The van der Waals surface area contributed by atoms with E-state index in [9.17, 15) is 0 Å². The van der Waals surface area contributed by atoms with E-state index in [1.165, 1.54) is 5.57 Å². The van der Waals surface area contributed by atoms with Crippen molar-refractivity contribution in [1.29, 1.82) is 0 Å². The van der Waals surface area contributed by atoms with Gasteiger partial charge in [-0.05, 0) is 5.57 Å². The Kier molecular flexibility index (Phi) is 1.50. The molecule has 1 aliphatic carbocycles. The second kappa shape index (κ2) is 2.80. The highest BCUT2D eigenvalue weighted by Crippen LogP contribution is 2.26. The molecule has 1 aromatic rings. The van der Waals surface area contributed by atoms with E-state index in [4.69, 9.17) is 0 Å². The number of hydrogen-bond donors (Lipinski definition) is 0. The minimum Gasteiger partial charge on any atom is -0.319 e. The van der Waals surface area contributed by atoms with E-state index in [2.05, 4.69) is 32.8 Å². The van der Waals surface area contributed by atoms with Crippen molar-refractivity contribution in [2.45, 2.75) is 6.04 Å². The van der Waals surface area contributed by atoms with Gasteiger partial charge in [-0.15, -0.1) is 0 Å². The van der Waals surface area contributed by atoms with Crippen LogP contribution in [0, 0.1) is 0 Å². The van der Waals surface area contributed by atoms with Gasteiger partial charge in [0.15, 0.2) is 0 Å². The van der Waals surface area contributed by atoms with Crippen LogP contribution >= 0.6 is 0 Å². The predicted octanol–water partition coefficient (Wildman–Crippen LogP) is 1.87. The number of rotatable bonds is 0. The van der Waals surface area contributed by atoms with Gasteiger partial charge in [0.25, 0.3) is 0 Å². The molecule has 1 atom stereocenters. The Balaban J connectivity index is 2.20. The molecule has 2 aliphatic rings. The molecule has 2 heterocycles. The maximum absolute atomic E-state index is 4.24. The van der Waals surface area contributed by atoms with E-state index < -0.39 is 0 Å². The van der Waals surface area contributed by atoms with E-state index in [0.717, 1.165) is 5.69 Å². The Morgan fingerprint density at radius 2 is 2.29 bits per heavy atom. The second-order valence-electron chi connectivity index (χ2n) is 3.32. The third-order valence-electron chi connectivity index (χ3n) is 2.46. The van der Waals surface area contributed by atoms with Crippen LogP contribution in [0.5, 0.6) is 0 Å². The summed E-state index contributed by atoms with van der Waals surface area (Å²) in [7, 11) is 0. The maximum Gasteiger partial charge on any atom is 0.0959 e. The van der Waals surface area contributed by atoms with Crippen molar-refractivity contribution in [1.82, 2.24) is 9.55 Å². The fraction of sp³-hybridized carbons (Fsp3) is 0.0909. The molecule has 1 aromatic heterocycles. The molecule has 0 radical (unpaired) electrons. The lowest BCUT2D eigenvalue weighted by atomic mass is 10.0. The molecule has 0 spiro atoms. The van der Waals surface area contributed by atoms with Crippen LogP contribution in [-0.2, 0) is 0 Å². The topological polar surface area (TPSA) is 30.2 Å². The summed E-state index contributed by atoms with van der Waals surface area (Å²) in [4.78, 5) is 8.36. The molecule has 0 aromatic carbocycles. The van der Waals surface area contributed by atoms with Crippen molar-refractivity contribution < 1.29 is 0 Å². The lowest BCUT2D eigenvalue weighted by Crippen LogP contribution is -2.10. The van der Waals surface area contributed by atoms with Gasteiger partial charge in [-0.25, -0.2) is 4.98 Å². The minimum atomic E-state index is 0.250. The molecule has 3 rings (SSSR count). The van der Waals surface area contributed by atoms with E-state index in [-0.39, 0.29) is 6.04 Å². The number of aromatic nitrogens is 2. The lowest BCUT2D eigenvalue weighted by Gasteiger charge is -2.17. The van der Waals surface area contributed by atoms with Gasteiger partial charge in [0.2, 0.25) is 0 Å². The van der Waals surface area contributed by atoms with Crippen LogP contribution in [0.4, 0.5) is 0 Å². The zero-order chi connectivity index (χ0) is 9.38. The van der Waals surface area contributed by atoms with Crippen LogP contribution in [0.25, 0.3) is 0 Å². The summed E-state index contributed by atoms with van der Waals surface area (Å²) >= 11 is 0. The number of fused-ring (bicyclic) bond motifs is 3. The molecule has 3 nitrogen and oxygen atoms in total. The highest BCUT2D eigenvalue weighted by Gasteiger charge is 2.16. The highest BCUT2D eigenvalue weighted by atomic mass is 15.1. The monoisotopic (exact) mass is 183 g/mol. The van der Waals surface area contributed by atoms with Crippen LogP contribution < -0.4 is 0 Å². The van der Waals surface area contributed by atoms with Gasteiger partial charge < -0.3 is 4.57 Å². The third kappa shape index (κ3) is 0.988. The fourth-order valence-corrected chi connectivity index (χ4v) is 1.77. The van der Waals surface area contributed by atoms with E-state index in [1.807, 2.05) is 31.0 Å². The van der Waals surface area contributed by atoms with Crippen LogP contribution in [0.2, 0.25) is 0 Å². The standard InChI is InChI=1S/C11H9N3/c1-2-4-11-9(3-1)5-12-6-10-7-13-8-14(10)11/h1-8,11H. The Hall–Kier alpha value is -1.90. The largest absolute Gasteiger partial charge is 0.319 e. The van der Waals surface area contributed by atoms with Gasteiger partial charge in [-0.3, -0.25) is 4.99 Å². The average molecular weight is 183 g/mol. The van der Waals surface area contributed by atoms with Crippen molar-refractivity contribution in [3.8, 4) is 0 Å². The highest BCUT2D eigenvalue weighted by molar-refractivity contribution is 5.78. The van der Waals surface area contributed by atoms with Crippen LogP contribution in [0.1, 0.15) is 11.7 Å². The first kappa shape index (κ1) is 7.50. The van der Waals surface area contributed by atoms with Crippen molar-refractivity contribution in [3.63, 3.8) is 0 Å². The number of hydrogen-bond acceptors (Lipinski definition) is 2. The zero-order valence-corrected chi connectivity index (χ0v) is 7.54. The molecule has 0 bridgehead atoms. The first-order valence-corrected chi connectivity index (χ1v) is 4.55.